The first-order valence-electron chi connectivity index (χ1n) is 7.24. The predicted molar refractivity (Wildman–Crippen MR) is 82.2 cm³/mol. The fraction of sp³-hybridized carbons (Fsp3) is 0.500. The van der Waals surface area contributed by atoms with E-state index in [1.807, 2.05) is 27.7 Å². The van der Waals surface area contributed by atoms with E-state index in [9.17, 15) is 15.2 Å². The van der Waals surface area contributed by atoms with Crippen LogP contribution in [0.5, 0.6) is 0 Å². The van der Waals surface area contributed by atoms with Crippen molar-refractivity contribution in [1.29, 1.82) is 5.26 Å². The Kier molecular flexibility index (Phi) is 4.32. The number of nitrogens with zero attached hydrogens (tertiary/aromatic N) is 1. The van der Waals surface area contributed by atoms with Crippen molar-refractivity contribution in [2.45, 2.75) is 51.1 Å². The molecule has 0 spiro atoms. The topological polar surface area (TPSA) is 79.5 Å². The maximum absolute atomic E-state index is 11.3. The minimum Gasteiger partial charge on any atom is -0.481 e. The minimum absolute atomic E-state index is 0.157. The molecule has 6 heteroatoms. The van der Waals surface area contributed by atoms with Crippen molar-refractivity contribution < 1.29 is 19.2 Å². The van der Waals surface area contributed by atoms with Gasteiger partial charge in [0.15, 0.2) is 0 Å². The van der Waals surface area contributed by atoms with Crippen LogP contribution in [0.15, 0.2) is 24.3 Å². The summed E-state index contributed by atoms with van der Waals surface area (Å²) in [5, 5.41) is 18.5. The van der Waals surface area contributed by atoms with Gasteiger partial charge in [-0.25, -0.2) is 0 Å². The minimum atomic E-state index is -0.951. The Morgan fingerprint density at radius 3 is 2.32 bits per heavy atom. The van der Waals surface area contributed by atoms with Gasteiger partial charge in [-0.3, -0.25) is 4.79 Å². The van der Waals surface area contributed by atoms with Crippen molar-refractivity contribution in [3.05, 3.63) is 35.4 Å². The first kappa shape index (κ1) is 16.5. The zero-order valence-corrected chi connectivity index (χ0v) is 13.3. The van der Waals surface area contributed by atoms with Crippen molar-refractivity contribution in [2.75, 3.05) is 0 Å². The van der Waals surface area contributed by atoms with Crippen molar-refractivity contribution in [2.24, 2.45) is 0 Å². The van der Waals surface area contributed by atoms with Gasteiger partial charge >= 0.3 is 13.1 Å². The third-order valence-electron chi connectivity index (χ3n) is 4.48. The number of carboxylic acid groups (broad SMARTS) is 1. The van der Waals surface area contributed by atoms with Gasteiger partial charge in [0.1, 0.15) is 0 Å². The molecule has 0 saturated carbocycles. The lowest BCUT2D eigenvalue weighted by Gasteiger charge is -2.32. The number of hydrogen-bond donors (Lipinski definition) is 1. The number of aliphatic carboxylic acids is 1. The van der Waals surface area contributed by atoms with Crippen molar-refractivity contribution in [1.82, 2.24) is 0 Å². The molecule has 0 radical (unpaired) electrons. The largest absolute Gasteiger partial charge is 0.481 e. The lowest BCUT2D eigenvalue weighted by Crippen LogP contribution is -2.41. The van der Waals surface area contributed by atoms with E-state index in [0.717, 1.165) is 0 Å². The summed E-state index contributed by atoms with van der Waals surface area (Å²) in [5.74, 6) is -1.48. The zero-order chi connectivity index (χ0) is 16.5. The lowest BCUT2D eigenvalue weighted by atomic mass is 9.65. The van der Waals surface area contributed by atoms with Gasteiger partial charge in [0.05, 0.1) is 29.3 Å². The number of hydrogen-bond acceptors (Lipinski definition) is 4. The maximum Gasteiger partial charge on any atom is 0.466 e. The van der Waals surface area contributed by atoms with Crippen molar-refractivity contribution in [3.8, 4) is 6.07 Å². The molecule has 1 N–H and O–H groups in total. The number of carbonyl (C=O) groups is 1. The fourth-order valence-electron chi connectivity index (χ4n) is 2.52. The van der Waals surface area contributed by atoms with E-state index in [1.165, 1.54) is 0 Å². The van der Waals surface area contributed by atoms with Gasteiger partial charge in [-0.05, 0) is 39.3 Å². The molecule has 1 saturated heterocycles. The molecule has 0 amide bonds. The summed E-state index contributed by atoms with van der Waals surface area (Å²) in [4.78, 5) is 11.3. The maximum atomic E-state index is 11.3. The van der Waals surface area contributed by atoms with E-state index in [0.29, 0.717) is 11.1 Å². The molecule has 1 aliphatic heterocycles. The summed E-state index contributed by atoms with van der Waals surface area (Å²) < 4.78 is 12.0. The first-order chi connectivity index (χ1) is 10.2. The molecule has 1 atom stereocenters. The highest BCUT2D eigenvalue weighted by Crippen LogP contribution is 2.42. The third kappa shape index (κ3) is 3.01. The van der Waals surface area contributed by atoms with Gasteiger partial charge in [0.2, 0.25) is 0 Å². The second-order valence-corrected chi connectivity index (χ2v) is 6.53. The van der Waals surface area contributed by atoms with Gasteiger partial charge in [-0.1, -0.05) is 18.2 Å². The van der Waals surface area contributed by atoms with E-state index in [2.05, 4.69) is 6.07 Å². The van der Waals surface area contributed by atoms with Crippen LogP contribution in [0.4, 0.5) is 0 Å². The Bertz CT molecular complexity index is 605. The summed E-state index contributed by atoms with van der Waals surface area (Å²) in [6, 6.07) is 9.09. The van der Waals surface area contributed by atoms with Crippen molar-refractivity contribution >= 4 is 13.1 Å². The Labute approximate surface area is 131 Å². The van der Waals surface area contributed by atoms with Gasteiger partial charge in [-0.2, -0.15) is 5.26 Å². The molecule has 1 aliphatic rings. The molecule has 22 heavy (non-hydrogen) atoms. The van der Waals surface area contributed by atoms with E-state index in [-0.39, 0.29) is 6.42 Å². The summed E-state index contributed by atoms with van der Waals surface area (Å²) in [6.45, 7) is 7.67. The van der Waals surface area contributed by atoms with Crippen LogP contribution in [0.2, 0.25) is 0 Å². The molecule has 1 heterocycles. The molecule has 1 aromatic rings. The summed E-state index contributed by atoms with van der Waals surface area (Å²) in [5.41, 5.74) is 0.000746. The Morgan fingerprint density at radius 1 is 1.27 bits per heavy atom. The summed E-state index contributed by atoms with van der Waals surface area (Å²) in [6.07, 6.45) is -0.157. The Morgan fingerprint density at radius 2 is 1.82 bits per heavy atom. The molecule has 5 nitrogen and oxygen atoms in total. The molecular formula is C16H20BNO4. The van der Waals surface area contributed by atoms with E-state index in [1.54, 1.807) is 24.3 Å². The van der Waals surface area contributed by atoms with Crippen LogP contribution in [-0.2, 0) is 14.1 Å². The van der Waals surface area contributed by atoms with E-state index in [4.69, 9.17) is 9.31 Å². The highest BCUT2D eigenvalue weighted by molar-refractivity contribution is 6.48. The van der Waals surface area contributed by atoms with Crippen LogP contribution in [0.3, 0.4) is 0 Å². The first-order valence-corrected chi connectivity index (χ1v) is 7.24. The molecule has 116 valence electrons. The third-order valence-corrected chi connectivity index (χ3v) is 4.48. The number of carboxylic acids is 1. The molecule has 1 fully saturated rings. The van der Waals surface area contributed by atoms with Crippen LogP contribution in [-0.4, -0.2) is 29.4 Å². The molecule has 0 aromatic heterocycles. The average molecular weight is 301 g/mol. The van der Waals surface area contributed by atoms with Gasteiger partial charge in [0, 0.05) is 5.82 Å². The van der Waals surface area contributed by atoms with Gasteiger partial charge in [-0.15, -0.1) is 0 Å². The van der Waals surface area contributed by atoms with Crippen molar-refractivity contribution in [3.63, 3.8) is 0 Å². The fourth-order valence-corrected chi connectivity index (χ4v) is 2.52. The Balaban J connectivity index is 2.41. The SMILES string of the molecule is CC1(C)OB(C(CC(=O)O)c2ccccc2C#N)OC1(C)C. The van der Waals surface area contributed by atoms with Gasteiger partial charge < -0.3 is 14.4 Å². The van der Waals surface area contributed by atoms with Gasteiger partial charge in [0.25, 0.3) is 0 Å². The van der Waals surface area contributed by atoms with E-state index < -0.39 is 30.1 Å². The smallest absolute Gasteiger partial charge is 0.466 e. The standard InChI is InChI=1S/C16H20BNO4/c1-15(2)16(3,4)22-17(21-15)13(9-14(19)20)12-8-6-5-7-11(12)10-18/h5-8,13H,9H2,1-4H3,(H,19,20). The van der Waals surface area contributed by atoms with Crippen LogP contribution >= 0.6 is 0 Å². The second kappa shape index (κ2) is 5.75. The summed E-state index contributed by atoms with van der Waals surface area (Å²) >= 11 is 0. The zero-order valence-electron chi connectivity index (χ0n) is 13.3. The van der Waals surface area contributed by atoms with Crippen LogP contribution in [0.25, 0.3) is 0 Å². The average Bonchev–Trinajstić information content (AvgIpc) is 2.64. The monoisotopic (exact) mass is 301 g/mol. The molecule has 2 rings (SSSR count). The van der Waals surface area contributed by atoms with Crippen LogP contribution in [0.1, 0.15) is 51.1 Å². The number of rotatable bonds is 4. The van der Waals surface area contributed by atoms with E-state index >= 15 is 0 Å². The quantitative estimate of drug-likeness (QED) is 0.865. The van der Waals surface area contributed by atoms with Crippen LogP contribution in [0, 0.1) is 11.3 Å². The number of nitriles is 1. The molecule has 1 aromatic carbocycles. The highest BCUT2D eigenvalue weighted by Gasteiger charge is 2.54. The highest BCUT2D eigenvalue weighted by atomic mass is 16.7. The Hall–Kier alpha value is -1.84. The molecule has 0 aliphatic carbocycles. The molecular weight excluding hydrogens is 281 g/mol. The van der Waals surface area contributed by atoms with Crippen LogP contribution < -0.4 is 0 Å². The summed E-state index contributed by atoms with van der Waals surface area (Å²) in [7, 11) is -0.699. The molecule has 1 unspecified atom stereocenters. The second-order valence-electron chi connectivity index (χ2n) is 6.53. The molecule has 0 bridgehead atoms. The number of benzene rings is 1. The lowest BCUT2D eigenvalue weighted by molar-refractivity contribution is -0.137. The normalized spacial score (nSPS) is 20.4. The predicted octanol–water partition coefficient (Wildman–Crippen LogP) is 2.75.